The molecule has 0 saturated carbocycles. The molecule has 0 atom stereocenters. The molecule has 2 aromatic rings. The second-order valence-corrected chi connectivity index (χ2v) is 6.60. The normalized spacial score (nSPS) is 10.9. The maximum atomic E-state index is 5.74. The van der Waals surface area contributed by atoms with Gasteiger partial charge in [-0.3, -0.25) is 0 Å². The number of benzene rings is 2. The summed E-state index contributed by atoms with van der Waals surface area (Å²) in [6, 6.07) is 12.5. The summed E-state index contributed by atoms with van der Waals surface area (Å²) < 4.78 is 6.85. The SMILES string of the molecule is C[Si](C)Oc1ccc2cc(Br)ccc2c1. The van der Waals surface area contributed by atoms with Crippen LogP contribution in [0.5, 0.6) is 5.75 Å². The van der Waals surface area contributed by atoms with Gasteiger partial charge in [-0.25, -0.2) is 0 Å². The first kappa shape index (κ1) is 10.7. The summed E-state index contributed by atoms with van der Waals surface area (Å²) in [5.41, 5.74) is 0. The highest BCUT2D eigenvalue weighted by Crippen LogP contribution is 2.24. The van der Waals surface area contributed by atoms with Crippen LogP contribution in [0.3, 0.4) is 0 Å². The molecule has 1 radical (unpaired) electrons. The van der Waals surface area contributed by atoms with Crippen LogP contribution in [0.4, 0.5) is 0 Å². The third-order valence-electron chi connectivity index (χ3n) is 2.10. The van der Waals surface area contributed by atoms with Gasteiger partial charge < -0.3 is 4.43 Å². The van der Waals surface area contributed by atoms with Gasteiger partial charge in [-0.15, -0.1) is 0 Å². The Morgan fingerprint density at radius 2 is 1.67 bits per heavy atom. The predicted octanol–water partition coefficient (Wildman–Crippen LogP) is 4.23. The molecule has 0 amide bonds. The van der Waals surface area contributed by atoms with Crippen molar-refractivity contribution in [3.63, 3.8) is 0 Å². The highest BCUT2D eigenvalue weighted by atomic mass is 79.9. The van der Waals surface area contributed by atoms with Gasteiger partial charge in [0.1, 0.15) is 5.75 Å². The molecule has 0 aromatic heterocycles. The predicted molar refractivity (Wildman–Crippen MR) is 69.8 cm³/mol. The molecule has 0 spiro atoms. The summed E-state index contributed by atoms with van der Waals surface area (Å²) in [6.45, 7) is 4.27. The number of hydrogen-bond donors (Lipinski definition) is 0. The Labute approximate surface area is 99.9 Å². The van der Waals surface area contributed by atoms with E-state index in [9.17, 15) is 0 Å². The van der Waals surface area contributed by atoms with Gasteiger partial charge in [0.2, 0.25) is 0 Å². The van der Waals surface area contributed by atoms with Gasteiger partial charge >= 0.3 is 0 Å². The molecule has 1 nitrogen and oxygen atoms in total. The fraction of sp³-hybridized carbons (Fsp3) is 0.167. The van der Waals surface area contributed by atoms with Crippen LogP contribution in [0.1, 0.15) is 0 Å². The Morgan fingerprint density at radius 3 is 2.40 bits per heavy atom. The van der Waals surface area contributed by atoms with Crippen LogP contribution in [-0.2, 0) is 0 Å². The number of fused-ring (bicyclic) bond motifs is 1. The van der Waals surface area contributed by atoms with E-state index in [1.165, 1.54) is 10.8 Å². The summed E-state index contributed by atoms with van der Waals surface area (Å²) >= 11 is 3.46. The Morgan fingerprint density at radius 1 is 1.00 bits per heavy atom. The van der Waals surface area contributed by atoms with E-state index in [2.05, 4.69) is 59.4 Å². The van der Waals surface area contributed by atoms with E-state index in [1.54, 1.807) is 0 Å². The number of hydrogen-bond acceptors (Lipinski definition) is 1. The lowest BCUT2D eigenvalue weighted by atomic mass is 10.1. The topological polar surface area (TPSA) is 9.23 Å². The van der Waals surface area contributed by atoms with E-state index in [-0.39, 0.29) is 0 Å². The molecule has 15 heavy (non-hydrogen) atoms. The fourth-order valence-electron chi connectivity index (χ4n) is 1.49. The van der Waals surface area contributed by atoms with E-state index in [0.717, 1.165) is 10.2 Å². The molecule has 3 heteroatoms. The third-order valence-corrected chi connectivity index (χ3v) is 3.23. The summed E-state index contributed by atoms with van der Waals surface area (Å²) in [7, 11) is -0.672. The van der Waals surface area contributed by atoms with Crippen molar-refractivity contribution in [3.8, 4) is 5.75 Å². The summed E-state index contributed by atoms with van der Waals surface area (Å²) in [4.78, 5) is 0. The average molecular weight is 280 g/mol. The van der Waals surface area contributed by atoms with Crippen LogP contribution >= 0.6 is 15.9 Å². The molecule has 0 unspecified atom stereocenters. The minimum Gasteiger partial charge on any atom is -0.543 e. The van der Waals surface area contributed by atoms with Crippen molar-refractivity contribution in [1.82, 2.24) is 0 Å². The molecule has 2 aromatic carbocycles. The lowest BCUT2D eigenvalue weighted by Gasteiger charge is -2.09. The van der Waals surface area contributed by atoms with E-state index < -0.39 is 9.04 Å². The fourth-order valence-corrected chi connectivity index (χ4v) is 2.47. The second-order valence-electron chi connectivity index (χ2n) is 3.66. The Hall–Kier alpha value is -0.803. The molecule has 0 saturated heterocycles. The van der Waals surface area contributed by atoms with Crippen molar-refractivity contribution in [2.45, 2.75) is 13.1 Å². The van der Waals surface area contributed by atoms with Gasteiger partial charge in [-0.05, 0) is 48.1 Å². The summed E-state index contributed by atoms with van der Waals surface area (Å²) in [5, 5.41) is 2.46. The molecule has 0 bridgehead atoms. The molecule has 0 aliphatic heterocycles. The van der Waals surface area contributed by atoms with Crippen LogP contribution in [0.2, 0.25) is 13.1 Å². The van der Waals surface area contributed by atoms with Gasteiger partial charge in [0.25, 0.3) is 9.04 Å². The molecular formula is C12H12BrOSi. The second kappa shape index (κ2) is 4.37. The maximum Gasteiger partial charge on any atom is 0.274 e. The first-order chi connectivity index (χ1) is 7.15. The maximum absolute atomic E-state index is 5.74. The van der Waals surface area contributed by atoms with E-state index in [1.807, 2.05) is 6.07 Å². The lowest BCUT2D eigenvalue weighted by molar-refractivity contribution is 0.582. The first-order valence-corrected chi connectivity index (χ1v) is 8.02. The van der Waals surface area contributed by atoms with Crippen molar-refractivity contribution >= 4 is 35.7 Å². The van der Waals surface area contributed by atoms with Crippen LogP contribution in [0.25, 0.3) is 10.8 Å². The van der Waals surface area contributed by atoms with Crippen molar-refractivity contribution in [2.24, 2.45) is 0 Å². The lowest BCUT2D eigenvalue weighted by Crippen LogP contribution is -2.10. The van der Waals surface area contributed by atoms with Crippen LogP contribution in [-0.4, -0.2) is 9.04 Å². The van der Waals surface area contributed by atoms with Crippen molar-refractivity contribution in [1.29, 1.82) is 0 Å². The molecule has 77 valence electrons. The number of rotatable bonds is 2. The van der Waals surface area contributed by atoms with Crippen LogP contribution < -0.4 is 4.43 Å². The van der Waals surface area contributed by atoms with Crippen molar-refractivity contribution in [2.75, 3.05) is 0 Å². The zero-order chi connectivity index (χ0) is 10.8. The molecular weight excluding hydrogens is 268 g/mol. The monoisotopic (exact) mass is 279 g/mol. The zero-order valence-electron chi connectivity index (χ0n) is 8.75. The minimum absolute atomic E-state index is 0.672. The Bertz CT molecular complexity index is 482. The van der Waals surface area contributed by atoms with E-state index in [0.29, 0.717) is 0 Å². The highest BCUT2D eigenvalue weighted by Gasteiger charge is 2.01. The Balaban J connectivity index is 2.43. The Kier molecular flexibility index (Phi) is 3.12. The standard InChI is InChI=1S/C12H12BrOSi/c1-15(2)14-12-6-4-9-7-11(13)5-3-10(9)8-12/h3-8H,1-2H3. The van der Waals surface area contributed by atoms with E-state index in [4.69, 9.17) is 4.43 Å². The molecule has 2 rings (SSSR count). The van der Waals surface area contributed by atoms with Gasteiger partial charge in [-0.1, -0.05) is 28.1 Å². The first-order valence-electron chi connectivity index (χ1n) is 4.82. The molecule has 0 N–H and O–H groups in total. The van der Waals surface area contributed by atoms with E-state index >= 15 is 0 Å². The molecule has 0 aliphatic carbocycles. The summed E-state index contributed by atoms with van der Waals surface area (Å²) in [5.74, 6) is 0.976. The minimum atomic E-state index is -0.672. The van der Waals surface area contributed by atoms with Crippen molar-refractivity contribution < 1.29 is 4.43 Å². The largest absolute Gasteiger partial charge is 0.543 e. The van der Waals surface area contributed by atoms with Gasteiger partial charge in [0.15, 0.2) is 0 Å². The third kappa shape index (κ3) is 2.61. The quantitative estimate of drug-likeness (QED) is 0.748. The van der Waals surface area contributed by atoms with Crippen LogP contribution in [0, 0.1) is 0 Å². The smallest absolute Gasteiger partial charge is 0.274 e. The number of halogens is 1. The van der Waals surface area contributed by atoms with Gasteiger partial charge in [0, 0.05) is 4.47 Å². The molecule has 0 heterocycles. The zero-order valence-corrected chi connectivity index (χ0v) is 11.3. The average Bonchev–Trinajstić information content (AvgIpc) is 2.17. The van der Waals surface area contributed by atoms with Gasteiger partial charge in [0.05, 0.1) is 0 Å². The van der Waals surface area contributed by atoms with Gasteiger partial charge in [-0.2, -0.15) is 0 Å². The highest BCUT2D eigenvalue weighted by molar-refractivity contribution is 9.10. The van der Waals surface area contributed by atoms with Crippen molar-refractivity contribution in [3.05, 3.63) is 40.9 Å². The molecule has 0 aliphatic rings. The van der Waals surface area contributed by atoms with Crippen LogP contribution in [0.15, 0.2) is 40.9 Å². The molecule has 0 fully saturated rings. The summed E-state index contributed by atoms with van der Waals surface area (Å²) in [6.07, 6.45) is 0.